The molecular weight excluding hydrogens is 309 g/mol. The fourth-order valence-corrected chi connectivity index (χ4v) is 1.65. The molecule has 0 aromatic heterocycles. The van der Waals surface area contributed by atoms with Gasteiger partial charge < -0.3 is 4.74 Å². The molecule has 80 valence electrons. The third kappa shape index (κ3) is 3.19. The summed E-state index contributed by atoms with van der Waals surface area (Å²) in [6, 6.07) is 5.05. The van der Waals surface area contributed by atoms with Gasteiger partial charge in [0, 0.05) is 9.13 Å². The van der Waals surface area contributed by atoms with E-state index in [0.717, 1.165) is 3.57 Å². The number of amides is 1. The number of halogens is 1. The van der Waals surface area contributed by atoms with Crippen molar-refractivity contribution in [3.63, 3.8) is 0 Å². The largest absolute Gasteiger partial charge is 0.453 e. The van der Waals surface area contributed by atoms with Crippen LogP contribution >= 0.6 is 22.6 Å². The first-order valence-electron chi connectivity index (χ1n) is 4.20. The number of Topliss-reactive ketones (excluding diaryl/α,β-unsaturated/α-hetero) is 1. The number of benzene rings is 1. The Morgan fingerprint density at radius 1 is 1.40 bits per heavy atom. The first-order chi connectivity index (χ1) is 7.04. The minimum absolute atomic E-state index is 0.00228. The fraction of sp³-hybridized carbons (Fsp3) is 0.200. The maximum Gasteiger partial charge on any atom is 0.411 e. The molecule has 0 saturated heterocycles. The van der Waals surface area contributed by atoms with Crippen LogP contribution in [-0.4, -0.2) is 19.0 Å². The van der Waals surface area contributed by atoms with Gasteiger partial charge in [0.2, 0.25) is 0 Å². The summed E-state index contributed by atoms with van der Waals surface area (Å²) in [7, 11) is 1.30. The number of rotatable bonds is 2. The quantitative estimate of drug-likeness (QED) is 0.673. The van der Waals surface area contributed by atoms with Crippen LogP contribution in [0.15, 0.2) is 18.2 Å². The standard InChI is InChI=1S/C10H10INO3/c1-6(13)7-3-4-9(8(11)5-7)12-10(14)15-2/h3-5H,1-2H3,(H,12,14). The molecule has 0 saturated carbocycles. The molecule has 0 atom stereocenters. The lowest BCUT2D eigenvalue weighted by atomic mass is 10.1. The Balaban J connectivity index is 2.93. The summed E-state index contributed by atoms with van der Waals surface area (Å²) in [4.78, 5) is 22.0. The van der Waals surface area contributed by atoms with Crippen LogP contribution in [0, 0.1) is 3.57 Å². The predicted molar refractivity (Wildman–Crippen MR) is 65.2 cm³/mol. The van der Waals surface area contributed by atoms with Crippen LogP contribution in [0.1, 0.15) is 17.3 Å². The molecule has 0 radical (unpaired) electrons. The van der Waals surface area contributed by atoms with Crippen molar-refractivity contribution in [2.75, 3.05) is 12.4 Å². The van der Waals surface area contributed by atoms with Gasteiger partial charge in [-0.1, -0.05) is 0 Å². The molecular formula is C10H10INO3. The van der Waals surface area contributed by atoms with E-state index in [-0.39, 0.29) is 5.78 Å². The number of carbonyl (C=O) groups is 2. The van der Waals surface area contributed by atoms with Crippen molar-refractivity contribution in [2.45, 2.75) is 6.92 Å². The van der Waals surface area contributed by atoms with E-state index in [2.05, 4.69) is 10.1 Å². The second-order valence-corrected chi connectivity index (χ2v) is 4.03. The molecule has 0 aliphatic rings. The number of hydrogen-bond donors (Lipinski definition) is 1. The first kappa shape index (κ1) is 12.0. The Morgan fingerprint density at radius 2 is 2.07 bits per heavy atom. The molecule has 0 heterocycles. The number of ketones is 1. The van der Waals surface area contributed by atoms with E-state index >= 15 is 0 Å². The SMILES string of the molecule is COC(=O)Nc1ccc(C(C)=O)cc1I. The maximum atomic E-state index is 11.1. The maximum absolute atomic E-state index is 11.1. The third-order valence-corrected chi connectivity index (χ3v) is 2.69. The Kier molecular flexibility index (Phi) is 4.07. The molecule has 0 aliphatic heterocycles. The first-order valence-corrected chi connectivity index (χ1v) is 5.28. The molecule has 0 unspecified atom stereocenters. The average molecular weight is 319 g/mol. The van der Waals surface area contributed by atoms with Gasteiger partial charge >= 0.3 is 6.09 Å². The second kappa shape index (κ2) is 5.11. The lowest BCUT2D eigenvalue weighted by Gasteiger charge is -2.06. The summed E-state index contributed by atoms with van der Waals surface area (Å²) in [6.07, 6.45) is -0.525. The normalized spacial score (nSPS) is 9.53. The highest BCUT2D eigenvalue weighted by Gasteiger charge is 2.07. The lowest BCUT2D eigenvalue weighted by molar-refractivity contribution is 0.101. The van der Waals surface area contributed by atoms with Gasteiger partial charge in [-0.25, -0.2) is 4.79 Å². The van der Waals surface area contributed by atoms with Crippen LogP contribution in [0.25, 0.3) is 0 Å². The second-order valence-electron chi connectivity index (χ2n) is 2.87. The highest BCUT2D eigenvalue weighted by Crippen LogP contribution is 2.20. The fourth-order valence-electron chi connectivity index (χ4n) is 0.996. The van der Waals surface area contributed by atoms with Crippen molar-refractivity contribution in [3.05, 3.63) is 27.3 Å². The molecule has 0 spiro atoms. The van der Waals surface area contributed by atoms with Gasteiger partial charge in [-0.2, -0.15) is 0 Å². The number of anilines is 1. The summed E-state index contributed by atoms with van der Waals surface area (Å²) in [6.45, 7) is 1.50. The lowest BCUT2D eigenvalue weighted by Crippen LogP contribution is -2.12. The molecule has 1 aromatic rings. The highest BCUT2D eigenvalue weighted by atomic mass is 127. The van der Waals surface area contributed by atoms with E-state index in [4.69, 9.17) is 0 Å². The summed E-state index contributed by atoms with van der Waals surface area (Å²) in [5, 5.41) is 2.55. The Bertz CT molecular complexity index is 404. The third-order valence-electron chi connectivity index (χ3n) is 1.80. The smallest absolute Gasteiger partial charge is 0.411 e. The van der Waals surface area contributed by atoms with Crippen molar-refractivity contribution in [1.29, 1.82) is 0 Å². The van der Waals surface area contributed by atoms with Crippen LogP contribution < -0.4 is 5.32 Å². The Hall–Kier alpha value is -1.11. The minimum atomic E-state index is -0.525. The minimum Gasteiger partial charge on any atom is -0.453 e. The van der Waals surface area contributed by atoms with Gasteiger partial charge in [-0.05, 0) is 47.7 Å². The van der Waals surface area contributed by atoms with E-state index in [9.17, 15) is 9.59 Å². The molecule has 1 N–H and O–H groups in total. The van der Waals surface area contributed by atoms with E-state index in [1.165, 1.54) is 14.0 Å². The Morgan fingerprint density at radius 3 is 2.53 bits per heavy atom. The molecule has 0 bridgehead atoms. The number of hydrogen-bond acceptors (Lipinski definition) is 3. The summed E-state index contributed by atoms with van der Waals surface area (Å²) in [5.74, 6) is -0.00228. The van der Waals surface area contributed by atoms with Crippen molar-refractivity contribution in [2.24, 2.45) is 0 Å². The highest BCUT2D eigenvalue weighted by molar-refractivity contribution is 14.1. The van der Waals surface area contributed by atoms with Crippen LogP contribution in [0.2, 0.25) is 0 Å². The van der Waals surface area contributed by atoms with Gasteiger partial charge in [-0.15, -0.1) is 0 Å². The van der Waals surface area contributed by atoms with Gasteiger partial charge in [0.25, 0.3) is 0 Å². The van der Waals surface area contributed by atoms with Crippen molar-refractivity contribution in [3.8, 4) is 0 Å². The van der Waals surface area contributed by atoms with Crippen LogP contribution in [0.4, 0.5) is 10.5 Å². The number of carbonyl (C=O) groups excluding carboxylic acids is 2. The average Bonchev–Trinajstić information content (AvgIpc) is 2.20. The summed E-state index contributed by atoms with van der Waals surface area (Å²) in [5.41, 5.74) is 1.25. The van der Waals surface area contributed by atoms with Crippen LogP contribution in [-0.2, 0) is 4.74 Å². The zero-order chi connectivity index (χ0) is 11.4. The summed E-state index contributed by atoms with van der Waals surface area (Å²) >= 11 is 2.05. The molecule has 0 fully saturated rings. The van der Waals surface area contributed by atoms with E-state index < -0.39 is 6.09 Å². The topological polar surface area (TPSA) is 55.4 Å². The molecule has 0 aliphatic carbocycles. The monoisotopic (exact) mass is 319 g/mol. The Labute approximate surface area is 101 Å². The van der Waals surface area contributed by atoms with E-state index in [1.54, 1.807) is 18.2 Å². The van der Waals surface area contributed by atoms with Gasteiger partial charge in [0.05, 0.1) is 12.8 Å². The van der Waals surface area contributed by atoms with Gasteiger partial charge in [0.15, 0.2) is 5.78 Å². The van der Waals surface area contributed by atoms with Crippen molar-refractivity contribution < 1.29 is 14.3 Å². The number of methoxy groups -OCH3 is 1. The van der Waals surface area contributed by atoms with Crippen molar-refractivity contribution in [1.82, 2.24) is 0 Å². The number of nitrogens with one attached hydrogen (secondary N) is 1. The van der Waals surface area contributed by atoms with E-state index in [0.29, 0.717) is 11.3 Å². The molecule has 4 nitrogen and oxygen atoms in total. The van der Waals surface area contributed by atoms with Crippen LogP contribution in [0.3, 0.4) is 0 Å². The molecule has 15 heavy (non-hydrogen) atoms. The zero-order valence-electron chi connectivity index (χ0n) is 8.33. The summed E-state index contributed by atoms with van der Waals surface area (Å²) < 4.78 is 5.26. The zero-order valence-corrected chi connectivity index (χ0v) is 10.5. The van der Waals surface area contributed by atoms with Crippen LogP contribution in [0.5, 0.6) is 0 Å². The predicted octanol–water partition coefficient (Wildman–Crippen LogP) is 2.67. The number of ether oxygens (including phenoxy) is 1. The van der Waals surface area contributed by atoms with Gasteiger partial charge in [0.1, 0.15) is 0 Å². The van der Waals surface area contributed by atoms with Crippen molar-refractivity contribution >= 4 is 40.2 Å². The molecule has 5 heteroatoms. The molecule has 1 aromatic carbocycles. The van der Waals surface area contributed by atoms with E-state index in [1.807, 2.05) is 22.6 Å². The molecule has 1 amide bonds. The molecule has 1 rings (SSSR count). The van der Waals surface area contributed by atoms with Gasteiger partial charge in [-0.3, -0.25) is 10.1 Å².